The first-order valence-corrected chi connectivity index (χ1v) is 5.48. The lowest BCUT2D eigenvalue weighted by molar-refractivity contribution is 0.0937. The van der Waals surface area contributed by atoms with Crippen LogP contribution in [0.5, 0.6) is 5.75 Å². The summed E-state index contributed by atoms with van der Waals surface area (Å²) in [6, 6.07) is 5.21. The van der Waals surface area contributed by atoms with Gasteiger partial charge in [0, 0.05) is 12.6 Å². The average Bonchev–Trinajstić information content (AvgIpc) is 2.74. The largest absolute Gasteiger partial charge is 0.507 e. The van der Waals surface area contributed by atoms with Crippen molar-refractivity contribution in [2.75, 3.05) is 13.1 Å². The molecule has 0 saturated carbocycles. The van der Waals surface area contributed by atoms with E-state index in [1.807, 2.05) is 6.92 Å². The molecule has 16 heavy (non-hydrogen) atoms. The van der Waals surface area contributed by atoms with Crippen LogP contribution in [0.2, 0.25) is 0 Å². The van der Waals surface area contributed by atoms with Crippen LogP contribution in [0.3, 0.4) is 0 Å². The fourth-order valence-corrected chi connectivity index (χ4v) is 1.87. The second kappa shape index (κ2) is 4.53. The molecule has 0 aromatic heterocycles. The number of aromatic hydroxyl groups is 1. The minimum absolute atomic E-state index is 0.0362. The highest BCUT2D eigenvalue weighted by Crippen LogP contribution is 2.18. The number of phenolic OH excluding ortho intramolecular Hbond substituents is 1. The Morgan fingerprint density at radius 3 is 3.06 bits per heavy atom. The summed E-state index contributed by atoms with van der Waals surface area (Å²) in [5.41, 5.74) is 1.32. The first-order valence-electron chi connectivity index (χ1n) is 5.48. The van der Waals surface area contributed by atoms with E-state index in [0.29, 0.717) is 5.56 Å². The monoisotopic (exact) mass is 220 g/mol. The molecule has 1 aromatic rings. The molecule has 2 rings (SSSR count). The second-order valence-electron chi connectivity index (χ2n) is 4.18. The molecule has 1 aliphatic rings. The molecule has 0 radical (unpaired) electrons. The Labute approximate surface area is 94.7 Å². The number of carbonyl (C=O) groups excluding carboxylic acids is 1. The summed E-state index contributed by atoms with van der Waals surface area (Å²) in [5, 5.41) is 15.7. The van der Waals surface area contributed by atoms with Crippen LogP contribution >= 0.6 is 0 Å². The van der Waals surface area contributed by atoms with Gasteiger partial charge in [0.2, 0.25) is 0 Å². The molecule has 1 atom stereocenters. The lowest BCUT2D eigenvalue weighted by Crippen LogP contribution is -2.36. The van der Waals surface area contributed by atoms with Crippen molar-refractivity contribution in [3.8, 4) is 5.75 Å². The van der Waals surface area contributed by atoms with Gasteiger partial charge in [-0.05, 0) is 32.0 Å². The van der Waals surface area contributed by atoms with E-state index < -0.39 is 0 Å². The maximum atomic E-state index is 11.9. The molecule has 0 aliphatic carbocycles. The number of rotatable bonds is 2. The molecular formula is C12H16N2O2. The van der Waals surface area contributed by atoms with Crippen molar-refractivity contribution < 1.29 is 9.90 Å². The molecule has 86 valence electrons. The summed E-state index contributed by atoms with van der Waals surface area (Å²) >= 11 is 0. The quantitative estimate of drug-likeness (QED) is 0.690. The van der Waals surface area contributed by atoms with Crippen LogP contribution in [-0.2, 0) is 0 Å². The predicted octanol–water partition coefficient (Wildman–Crippen LogP) is 0.792. The summed E-state index contributed by atoms with van der Waals surface area (Å²) < 4.78 is 0. The molecule has 4 heteroatoms. The van der Waals surface area contributed by atoms with Gasteiger partial charge in [0.25, 0.3) is 5.91 Å². The van der Waals surface area contributed by atoms with E-state index in [9.17, 15) is 9.90 Å². The van der Waals surface area contributed by atoms with Crippen molar-refractivity contribution in [1.82, 2.24) is 10.6 Å². The maximum absolute atomic E-state index is 11.9. The van der Waals surface area contributed by atoms with Gasteiger partial charge in [0.1, 0.15) is 5.75 Å². The van der Waals surface area contributed by atoms with Gasteiger partial charge in [-0.15, -0.1) is 0 Å². The summed E-state index contributed by atoms with van der Waals surface area (Å²) in [7, 11) is 0. The van der Waals surface area contributed by atoms with Crippen molar-refractivity contribution in [1.29, 1.82) is 0 Å². The maximum Gasteiger partial charge on any atom is 0.255 e. The molecule has 1 fully saturated rings. The second-order valence-corrected chi connectivity index (χ2v) is 4.18. The van der Waals surface area contributed by atoms with Gasteiger partial charge in [-0.1, -0.05) is 11.6 Å². The SMILES string of the molecule is Cc1ccc(O)c(C(=O)N[C@H]2CCNC2)c1. The number of phenols is 1. The standard InChI is InChI=1S/C12H16N2O2/c1-8-2-3-11(15)10(6-8)12(16)14-9-4-5-13-7-9/h2-3,6,9,13,15H,4-5,7H2,1H3,(H,14,16)/t9-/m0/s1. The zero-order chi connectivity index (χ0) is 11.5. The van der Waals surface area contributed by atoms with E-state index in [0.717, 1.165) is 25.1 Å². The van der Waals surface area contributed by atoms with E-state index in [1.54, 1.807) is 18.2 Å². The fraction of sp³-hybridized carbons (Fsp3) is 0.417. The number of hydrogen-bond acceptors (Lipinski definition) is 3. The van der Waals surface area contributed by atoms with Crippen LogP contribution < -0.4 is 10.6 Å². The van der Waals surface area contributed by atoms with Crippen LogP contribution in [0.15, 0.2) is 18.2 Å². The predicted molar refractivity (Wildman–Crippen MR) is 61.6 cm³/mol. The van der Waals surface area contributed by atoms with Crippen molar-refractivity contribution in [2.45, 2.75) is 19.4 Å². The van der Waals surface area contributed by atoms with Crippen LogP contribution in [-0.4, -0.2) is 30.1 Å². The van der Waals surface area contributed by atoms with Crippen molar-refractivity contribution in [3.05, 3.63) is 29.3 Å². The van der Waals surface area contributed by atoms with Gasteiger partial charge in [-0.2, -0.15) is 0 Å². The summed E-state index contributed by atoms with van der Waals surface area (Å²) in [4.78, 5) is 11.9. The van der Waals surface area contributed by atoms with E-state index in [4.69, 9.17) is 0 Å². The first-order chi connectivity index (χ1) is 7.66. The third-order valence-corrected chi connectivity index (χ3v) is 2.79. The zero-order valence-electron chi connectivity index (χ0n) is 9.29. The van der Waals surface area contributed by atoms with Gasteiger partial charge in [-0.3, -0.25) is 4.79 Å². The van der Waals surface area contributed by atoms with Crippen molar-refractivity contribution in [3.63, 3.8) is 0 Å². The summed E-state index contributed by atoms with van der Waals surface area (Å²) in [5.74, 6) is -0.163. The van der Waals surface area contributed by atoms with E-state index >= 15 is 0 Å². The third kappa shape index (κ3) is 2.33. The summed E-state index contributed by atoms with van der Waals surface area (Å²) in [6.07, 6.45) is 0.943. The Balaban J connectivity index is 2.10. The van der Waals surface area contributed by atoms with Crippen LogP contribution in [0.25, 0.3) is 0 Å². The Morgan fingerprint density at radius 1 is 1.56 bits per heavy atom. The minimum atomic E-state index is -0.199. The zero-order valence-corrected chi connectivity index (χ0v) is 9.29. The number of hydrogen-bond donors (Lipinski definition) is 3. The van der Waals surface area contributed by atoms with Crippen molar-refractivity contribution in [2.24, 2.45) is 0 Å². The molecule has 4 nitrogen and oxygen atoms in total. The normalized spacial score (nSPS) is 19.7. The minimum Gasteiger partial charge on any atom is -0.507 e. The number of carbonyl (C=O) groups is 1. The van der Waals surface area contributed by atoms with E-state index in [1.165, 1.54) is 0 Å². The van der Waals surface area contributed by atoms with Crippen LogP contribution in [0.4, 0.5) is 0 Å². The van der Waals surface area contributed by atoms with E-state index in [-0.39, 0.29) is 17.7 Å². The molecule has 0 unspecified atom stereocenters. The van der Waals surface area contributed by atoms with E-state index in [2.05, 4.69) is 10.6 Å². The lowest BCUT2D eigenvalue weighted by Gasteiger charge is -2.12. The Bertz CT molecular complexity index is 398. The smallest absolute Gasteiger partial charge is 0.255 e. The summed E-state index contributed by atoms with van der Waals surface area (Å²) in [6.45, 7) is 3.64. The van der Waals surface area contributed by atoms with Gasteiger partial charge in [0.15, 0.2) is 0 Å². The third-order valence-electron chi connectivity index (χ3n) is 2.79. The highest BCUT2D eigenvalue weighted by molar-refractivity contribution is 5.97. The van der Waals surface area contributed by atoms with Crippen LogP contribution in [0.1, 0.15) is 22.3 Å². The van der Waals surface area contributed by atoms with Gasteiger partial charge < -0.3 is 15.7 Å². The fourth-order valence-electron chi connectivity index (χ4n) is 1.87. The number of nitrogens with one attached hydrogen (secondary N) is 2. The number of benzene rings is 1. The molecule has 1 heterocycles. The lowest BCUT2D eigenvalue weighted by atomic mass is 10.1. The first kappa shape index (κ1) is 11.0. The van der Waals surface area contributed by atoms with Gasteiger partial charge in [-0.25, -0.2) is 0 Å². The molecule has 0 spiro atoms. The van der Waals surface area contributed by atoms with Crippen LogP contribution in [0, 0.1) is 6.92 Å². The molecule has 1 saturated heterocycles. The number of aryl methyl sites for hydroxylation is 1. The Hall–Kier alpha value is -1.55. The molecule has 1 aliphatic heterocycles. The molecule has 1 amide bonds. The van der Waals surface area contributed by atoms with Gasteiger partial charge in [0.05, 0.1) is 5.56 Å². The van der Waals surface area contributed by atoms with Gasteiger partial charge >= 0.3 is 0 Å². The molecular weight excluding hydrogens is 204 g/mol. The highest BCUT2D eigenvalue weighted by Gasteiger charge is 2.19. The Kier molecular flexibility index (Phi) is 3.10. The Morgan fingerprint density at radius 2 is 2.38 bits per heavy atom. The highest BCUT2D eigenvalue weighted by atomic mass is 16.3. The molecule has 0 bridgehead atoms. The average molecular weight is 220 g/mol. The molecule has 3 N–H and O–H groups in total. The topological polar surface area (TPSA) is 61.4 Å². The van der Waals surface area contributed by atoms with Crippen molar-refractivity contribution >= 4 is 5.91 Å². The molecule has 1 aromatic carbocycles. The number of amides is 1.